The fraction of sp³-hybridized carbons (Fsp3) is 0.400. The van der Waals surface area contributed by atoms with Gasteiger partial charge in [-0.1, -0.05) is 11.6 Å². The maximum absolute atomic E-state index is 12.3. The van der Waals surface area contributed by atoms with Gasteiger partial charge in [-0.25, -0.2) is 8.42 Å². The zero-order valence-corrected chi connectivity index (χ0v) is 11.4. The first kappa shape index (κ1) is 14.2. The Morgan fingerprint density at radius 1 is 1.32 bits per heavy atom. The molecule has 1 fully saturated rings. The van der Waals surface area contributed by atoms with Gasteiger partial charge in [0.1, 0.15) is 4.90 Å². The van der Waals surface area contributed by atoms with Crippen molar-refractivity contribution in [3.8, 4) is 0 Å². The minimum absolute atomic E-state index is 0.0305. The molecule has 0 saturated carbocycles. The molecular formula is C10H11ClN2O5S. The number of nitro benzene ring substituents is 1. The molecule has 0 spiro atoms. The van der Waals surface area contributed by atoms with Crippen LogP contribution >= 0.6 is 11.6 Å². The van der Waals surface area contributed by atoms with Crippen LogP contribution in [0.15, 0.2) is 23.1 Å². The van der Waals surface area contributed by atoms with Crippen LogP contribution in [0.25, 0.3) is 0 Å². The summed E-state index contributed by atoms with van der Waals surface area (Å²) >= 11 is 5.84. The molecule has 0 radical (unpaired) electrons. The van der Waals surface area contributed by atoms with Crippen molar-refractivity contribution in [2.24, 2.45) is 0 Å². The summed E-state index contributed by atoms with van der Waals surface area (Å²) in [6.07, 6.45) is 0. The van der Waals surface area contributed by atoms with E-state index in [9.17, 15) is 18.5 Å². The lowest BCUT2D eigenvalue weighted by molar-refractivity contribution is -0.385. The van der Waals surface area contributed by atoms with Crippen LogP contribution in [-0.4, -0.2) is 43.9 Å². The van der Waals surface area contributed by atoms with Crippen molar-refractivity contribution < 1.29 is 18.1 Å². The van der Waals surface area contributed by atoms with Gasteiger partial charge >= 0.3 is 0 Å². The van der Waals surface area contributed by atoms with E-state index in [2.05, 4.69) is 0 Å². The molecule has 1 aromatic rings. The Bertz CT molecular complexity index is 598. The number of halogens is 1. The number of hydrogen-bond acceptors (Lipinski definition) is 5. The zero-order valence-electron chi connectivity index (χ0n) is 9.78. The molecule has 0 amide bonds. The SMILES string of the molecule is O=[N+]([O-])c1ccc(Cl)c(S(=O)(=O)N2CCOCC2)c1. The standard InChI is InChI=1S/C10H11ClN2O5S/c11-9-2-1-8(13(14)15)7-10(9)19(16,17)12-3-5-18-6-4-12/h1-2,7H,3-6H2. The maximum atomic E-state index is 12.3. The number of hydrogen-bond donors (Lipinski definition) is 0. The smallest absolute Gasteiger partial charge is 0.270 e. The number of nitro groups is 1. The molecule has 7 nitrogen and oxygen atoms in total. The lowest BCUT2D eigenvalue weighted by atomic mass is 10.3. The van der Waals surface area contributed by atoms with Crippen LogP contribution in [-0.2, 0) is 14.8 Å². The van der Waals surface area contributed by atoms with Crippen LogP contribution in [0, 0.1) is 10.1 Å². The first-order chi connectivity index (χ1) is 8.93. The van der Waals surface area contributed by atoms with Crippen LogP contribution in [0.4, 0.5) is 5.69 Å². The quantitative estimate of drug-likeness (QED) is 0.619. The summed E-state index contributed by atoms with van der Waals surface area (Å²) in [5, 5.41) is 10.7. The number of ether oxygens (including phenoxy) is 1. The van der Waals surface area contributed by atoms with Crippen molar-refractivity contribution in [2.75, 3.05) is 26.3 Å². The summed E-state index contributed by atoms with van der Waals surface area (Å²) in [6.45, 7) is 1.01. The van der Waals surface area contributed by atoms with E-state index in [1.165, 1.54) is 16.4 Å². The summed E-state index contributed by atoms with van der Waals surface area (Å²) in [6, 6.07) is 3.36. The lowest BCUT2D eigenvalue weighted by Gasteiger charge is -2.26. The normalized spacial score (nSPS) is 17.3. The largest absolute Gasteiger partial charge is 0.379 e. The number of non-ortho nitro benzene ring substituents is 1. The Balaban J connectivity index is 2.44. The van der Waals surface area contributed by atoms with Gasteiger partial charge in [-0.3, -0.25) is 10.1 Å². The van der Waals surface area contributed by atoms with E-state index in [0.29, 0.717) is 13.2 Å². The van der Waals surface area contributed by atoms with E-state index in [-0.39, 0.29) is 28.7 Å². The van der Waals surface area contributed by atoms with Crippen molar-refractivity contribution in [2.45, 2.75) is 4.90 Å². The van der Waals surface area contributed by atoms with Gasteiger partial charge in [0.15, 0.2) is 0 Å². The second-order valence-corrected chi connectivity index (χ2v) is 6.20. The molecule has 19 heavy (non-hydrogen) atoms. The van der Waals surface area contributed by atoms with Gasteiger partial charge in [0, 0.05) is 25.2 Å². The van der Waals surface area contributed by atoms with Gasteiger partial charge in [-0.2, -0.15) is 4.31 Å². The summed E-state index contributed by atoms with van der Waals surface area (Å²) < 4.78 is 31.0. The molecule has 0 aromatic heterocycles. The van der Waals surface area contributed by atoms with E-state index < -0.39 is 14.9 Å². The van der Waals surface area contributed by atoms with E-state index >= 15 is 0 Å². The van der Waals surface area contributed by atoms with Crippen LogP contribution in [0.2, 0.25) is 5.02 Å². The van der Waals surface area contributed by atoms with Crippen LogP contribution in [0.3, 0.4) is 0 Å². The average molecular weight is 307 g/mol. The van der Waals surface area contributed by atoms with E-state index in [4.69, 9.17) is 16.3 Å². The summed E-state index contributed by atoms with van der Waals surface area (Å²) in [7, 11) is -3.83. The van der Waals surface area contributed by atoms with Gasteiger partial charge in [-0.15, -0.1) is 0 Å². The molecule has 0 N–H and O–H groups in total. The Hall–Kier alpha value is -1.22. The molecule has 1 aliphatic rings. The predicted molar refractivity (Wildman–Crippen MR) is 67.7 cm³/mol. The average Bonchev–Trinajstić information content (AvgIpc) is 2.39. The number of benzene rings is 1. The third-order valence-corrected chi connectivity index (χ3v) is 5.09. The fourth-order valence-electron chi connectivity index (χ4n) is 1.73. The molecule has 1 heterocycles. The Labute approximate surface area is 114 Å². The summed E-state index contributed by atoms with van der Waals surface area (Å²) in [5.41, 5.74) is -0.309. The summed E-state index contributed by atoms with van der Waals surface area (Å²) in [5.74, 6) is 0. The third-order valence-electron chi connectivity index (χ3n) is 2.71. The molecule has 0 bridgehead atoms. The second kappa shape index (κ2) is 5.41. The van der Waals surface area contributed by atoms with Crippen molar-refractivity contribution >= 4 is 27.3 Å². The number of morpholine rings is 1. The van der Waals surface area contributed by atoms with Gasteiger partial charge in [0.2, 0.25) is 10.0 Å². The lowest BCUT2D eigenvalue weighted by Crippen LogP contribution is -2.40. The van der Waals surface area contributed by atoms with Crippen LogP contribution in [0.5, 0.6) is 0 Å². The van der Waals surface area contributed by atoms with Gasteiger partial charge in [0.05, 0.1) is 23.2 Å². The Kier molecular flexibility index (Phi) is 4.04. The molecule has 0 atom stereocenters. The molecule has 0 unspecified atom stereocenters. The highest BCUT2D eigenvalue weighted by molar-refractivity contribution is 7.89. The minimum atomic E-state index is -3.83. The fourth-order valence-corrected chi connectivity index (χ4v) is 3.63. The Morgan fingerprint density at radius 2 is 1.95 bits per heavy atom. The van der Waals surface area contributed by atoms with Gasteiger partial charge < -0.3 is 4.74 Å². The molecule has 2 rings (SSSR count). The van der Waals surface area contributed by atoms with Crippen LogP contribution < -0.4 is 0 Å². The highest BCUT2D eigenvalue weighted by Crippen LogP contribution is 2.28. The molecule has 1 aliphatic heterocycles. The molecule has 104 valence electrons. The van der Waals surface area contributed by atoms with Crippen molar-refractivity contribution in [1.82, 2.24) is 4.31 Å². The van der Waals surface area contributed by atoms with E-state index in [0.717, 1.165) is 6.07 Å². The number of rotatable bonds is 3. The number of nitrogens with zero attached hydrogens (tertiary/aromatic N) is 2. The second-order valence-electron chi connectivity index (χ2n) is 3.89. The van der Waals surface area contributed by atoms with E-state index in [1.54, 1.807) is 0 Å². The molecule has 1 aromatic carbocycles. The van der Waals surface area contributed by atoms with Crippen molar-refractivity contribution in [3.05, 3.63) is 33.3 Å². The Morgan fingerprint density at radius 3 is 2.53 bits per heavy atom. The highest BCUT2D eigenvalue weighted by atomic mass is 35.5. The molecule has 9 heteroatoms. The van der Waals surface area contributed by atoms with Crippen LogP contribution in [0.1, 0.15) is 0 Å². The van der Waals surface area contributed by atoms with Gasteiger partial charge in [-0.05, 0) is 6.07 Å². The van der Waals surface area contributed by atoms with Crippen molar-refractivity contribution in [1.29, 1.82) is 0 Å². The van der Waals surface area contributed by atoms with Crippen molar-refractivity contribution in [3.63, 3.8) is 0 Å². The predicted octanol–water partition coefficient (Wildman–Crippen LogP) is 1.27. The maximum Gasteiger partial charge on any atom is 0.270 e. The zero-order chi connectivity index (χ0) is 14.0. The first-order valence-corrected chi connectivity index (χ1v) is 7.26. The minimum Gasteiger partial charge on any atom is -0.379 e. The van der Waals surface area contributed by atoms with E-state index in [1.807, 2.05) is 0 Å². The monoisotopic (exact) mass is 306 g/mol. The molecular weight excluding hydrogens is 296 g/mol. The number of sulfonamides is 1. The van der Waals surface area contributed by atoms with Gasteiger partial charge in [0.25, 0.3) is 5.69 Å². The molecule has 0 aliphatic carbocycles. The summed E-state index contributed by atoms with van der Waals surface area (Å²) in [4.78, 5) is 9.80. The molecule has 1 saturated heterocycles. The topological polar surface area (TPSA) is 89.8 Å². The third kappa shape index (κ3) is 2.86. The first-order valence-electron chi connectivity index (χ1n) is 5.45. The highest BCUT2D eigenvalue weighted by Gasteiger charge is 2.29.